The number of rotatable bonds is 3. The van der Waals surface area contributed by atoms with E-state index in [2.05, 4.69) is 4.98 Å². The third kappa shape index (κ3) is 3.87. The summed E-state index contributed by atoms with van der Waals surface area (Å²) in [6.45, 7) is 0. The van der Waals surface area contributed by atoms with Gasteiger partial charge in [0.25, 0.3) is 0 Å². The summed E-state index contributed by atoms with van der Waals surface area (Å²) < 4.78 is 0. The SMILES string of the molecule is Cl.N[C@H](CC(=O)O)c1ccncc1. The van der Waals surface area contributed by atoms with Gasteiger partial charge in [-0.05, 0) is 17.7 Å². The predicted molar refractivity (Wildman–Crippen MR) is 50.7 cm³/mol. The van der Waals surface area contributed by atoms with Crippen molar-refractivity contribution < 1.29 is 9.90 Å². The first-order chi connectivity index (χ1) is 5.70. The normalized spacial score (nSPS) is 11.5. The van der Waals surface area contributed by atoms with E-state index >= 15 is 0 Å². The number of aliphatic carboxylic acids is 1. The number of hydrogen-bond acceptors (Lipinski definition) is 3. The van der Waals surface area contributed by atoms with Gasteiger partial charge < -0.3 is 10.8 Å². The summed E-state index contributed by atoms with van der Waals surface area (Å²) in [5, 5.41) is 8.45. The molecule has 1 rings (SSSR count). The first-order valence-electron chi connectivity index (χ1n) is 3.57. The number of carboxylic acids is 1. The molecule has 1 atom stereocenters. The van der Waals surface area contributed by atoms with Crippen molar-refractivity contribution in [2.45, 2.75) is 12.5 Å². The lowest BCUT2D eigenvalue weighted by Gasteiger charge is -2.07. The van der Waals surface area contributed by atoms with Crippen molar-refractivity contribution in [3.05, 3.63) is 30.1 Å². The van der Waals surface area contributed by atoms with Crippen molar-refractivity contribution in [1.82, 2.24) is 4.98 Å². The molecule has 1 aromatic heterocycles. The molecule has 0 amide bonds. The Hall–Kier alpha value is -1.13. The number of halogens is 1. The van der Waals surface area contributed by atoms with Crippen LogP contribution in [0.1, 0.15) is 18.0 Å². The number of carbonyl (C=O) groups is 1. The molecule has 0 spiro atoms. The molecule has 0 aromatic carbocycles. The smallest absolute Gasteiger partial charge is 0.305 e. The molecule has 0 bridgehead atoms. The molecule has 1 heterocycles. The Kier molecular flexibility index (Phi) is 5.03. The molecule has 0 unspecified atom stereocenters. The maximum Gasteiger partial charge on any atom is 0.305 e. The Morgan fingerprint density at radius 2 is 2.08 bits per heavy atom. The van der Waals surface area contributed by atoms with Crippen LogP contribution < -0.4 is 5.73 Å². The minimum absolute atomic E-state index is 0. The third-order valence-corrected chi connectivity index (χ3v) is 1.53. The monoisotopic (exact) mass is 202 g/mol. The van der Waals surface area contributed by atoms with Crippen LogP contribution >= 0.6 is 12.4 Å². The van der Waals surface area contributed by atoms with Crippen LogP contribution in [0.15, 0.2) is 24.5 Å². The zero-order valence-corrected chi connectivity index (χ0v) is 7.70. The van der Waals surface area contributed by atoms with Gasteiger partial charge in [0.05, 0.1) is 6.42 Å². The fraction of sp³-hybridized carbons (Fsp3) is 0.250. The van der Waals surface area contributed by atoms with Crippen LogP contribution in [0, 0.1) is 0 Å². The third-order valence-electron chi connectivity index (χ3n) is 1.53. The topological polar surface area (TPSA) is 76.2 Å². The average molecular weight is 203 g/mol. The van der Waals surface area contributed by atoms with Gasteiger partial charge in [0.15, 0.2) is 0 Å². The number of hydrogen-bond donors (Lipinski definition) is 2. The maximum absolute atomic E-state index is 10.3. The summed E-state index contributed by atoms with van der Waals surface area (Å²) in [5.41, 5.74) is 6.39. The maximum atomic E-state index is 10.3. The van der Waals surface area contributed by atoms with E-state index in [1.165, 1.54) is 0 Å². The van der Waals surface area contributed by atoms with Crippen molar-refractivity contribution in [1.29, 1.82) is 0 Å². The largest absolute Gasteiger partial charge is 0.481 e. The van der Waals surface area contributed by atoms with E-state index in [4.69, 9.17) is 10.8 Å². The van der Waals surface area contributed by atoms with E-state index in [-0.39, 0.29) is 18.8 Å². The van der Waals surface area contributed by atoms with E-state index in [9.17, 15) is 4.79 Å². The van der Waals surface area contributed by atoms with E-state index in [0.29, 0.717) is 0 Å². The van der Waals surface area contributed by atoms with E-state index in [1.54, 1.807) is 24.5 Å². The second-order valence-corrected chi connectivity index (χ2v) is 2.48. The van der Waals surface area contributed by atoms with Gasteiger partial charge in [0, 0.05) is 18.4 Å². The molecule has 3 N–H and O–H groups in total. The van der Waals surface area contributed by atoms with Crippen molar-refractivity contribution in [3.8, 4) is 0 Å². The van der Waals surface area contributed by atoms with E-state index in [1.807, 2.05) is 0 Å². The lowest BCUT2D eigenvalue weighted by atomic mass is 10.1. The zero-order valence-electron chi connectivity index (χ0n) is 6.88. The van der Waals surface area contributed by atoms with Crippen LogP contribution in [0.3, 0.4) is 0 Å². The molecule has 72 valence electrons. The van der Waals surface area contributed by atoms with Gasteiger partial charge >= 0.3 is 5.97 Å². The molecule has 5 heteroatoms. The van der Waals surface area contributed by atoms with Gasteiger partial charge in [-0.15, -0.1) is 12.4 Å². The molecule has 13 heavy (non-hydrogen) atoms. The number of carboxylic acid groups (broad SMARTS) is 1. The van der Waals surface area contributed by atoms with Gasteiger partial charge in [-0.25, -0.2) is 0 Å². The van der Waals surface area contributed by atoms with Gasteiger partial charge in [-0.3, -0.25) is 9.78 Å². The van der Waals surface area contributed by atoms with Crippen molar-refractivity contribution in [2.24, 2.45) is 5.73 Å². The van der Waals surface area contributed by atoms with E-state index in [0.717, 1.165) is 5.56 Å². The molecular formula is C8H11ClN2O2. The summed E-state index contributed by atoms with van der Waals surface area (Å²) in [4.78, 5) is 14.1. The average Bonchev–Trinajstić information content (AvgIpc) is 2.05. The quantitative estimate of drug-likeness (QED) is 0.766. The van der Waals surface area contributed by atoms with Gasteiger partial charge in [-0.1, -0.05) is 0 Å². The molecule has 0 saturated carbocycles. The first kappa shape index (κ1) is 11.9. The standard InChI is InChI=1S/C8H10N2O2.ClH/c9-7(5-8(11)12)6-1-3-10-4-2-6;/h1-4,7H,5,9H2,(H,11,12);1H/t7-;/m1./s1. The minimum Gasteiger partial charge on any atom is -0.481 e. The highest BCUT2D eigenvalue weighted by Crippen LogP contribution is 2.11. The number of nitrogens with zero attached hydrogens (tertiary/aromatic N) is 1. The van der Waals surface area contributed by atoms with Crippen LogP contribution in [-0.4, -0.2) is 16.1 Å². The lowest BCUT2D eigenvalue weighted by Crippen LogP contribution is -2.14. The van der Waals surface area contributed by atoms with Gasteiger partial charge in [0.1, 0.15) is 0 Å². The van der Waals surface area contributed by atoms with Crippen LogP contribution in [-0.2, 0) is 4.79 Å². The Bertz CT molecular complexity index is 266. The van der Waals surface area contributed by atoms with Crippen LogP contribution in [0.2, 0.25) is 0 Å². The van der Waals surface area contributed by atoms with Gasteiger partial charge in [-0.2, -0.15) is 0 Å². The molecular weight excluding hydrogens is 192 g/mol. The fourth-order valence-corrected chi connectivity index (χ4v) is 0.917. The Labute approximate surface area is 82.2 Å². The molecule has 0 aliphatic heterocycles. The molecule has 4 nitrogen and oxygen atoms in total. The number of pyridine rings is 1. The summed E-state index contributed by atoms with van der Waals surface area (Å²) >= 11 is 0. The van der Waals surface area contributed by atoms with E-state index < -0.39 is 12.0 Å². The fourth-order valence-electron chi connectivity index (χ4n) is 0.917. The summed E-state index contributed by atoms with van der Waals surface area (Å²) in [7, 11) is 0. The summed E-state index contributed by atoms with van der Waals surface area (Å²) in [6.07, 6.45) is 3.14. The summed E-state index contributed by atoms with van der Waals surface area (Å²) in [6, 6.07) is 2.99. The van der Waals surface area contributed by atoms with Gasteiger partial charge in [0.2, 0.25) is 0 Å². The highest BCUT2D eigenvalue weighted by Gasteiger charge is 2.09. The highest BCUT2D eigenvalue weighted by atomic mass is 35.5. The second-order valence-electron chi connectivity index (χ2n) is 2.48. The van der Waals surface area contributed by atoms with Crippen LogP contribution in [0.4, 0.5) is 0 Å². The number of aromatic nitrogens is 1. The first-order valence-corrected chi connectivity index (χ1v) is 3.57. The summed E-state index contributed by atoms with van der Waals surface area (Å²) in [5.74, 6) is -0.890. The molecule has 0 aliphatic carbocycles. The zero-order chi connectivity index (χ0) is 8.97. The lowest BCUT2D eigenvalue weighted by molar-refractivity contribution is -0.137. The van der Waals surface area contributed by atoms with Crippen molar-refractivity contribution in [2.75, 3.05) is 0 Å². The Balaban J connectivity index is 0.00000144. The molecule has 1 aromatic rings. The van der Waals surface area contributed by atoms with Crippen LogP contribution in [0.25, 0.3) is 0 Å². The van der Waals surface area contributed by atoms with Crippen LogP contribution in [0.5, 0.6) is 0 Å². The predicted octanol–water partition coefficient (Wildman–Crippen LogP) is 0.978. The number of nitrogens with two attached hydrogens (primary N) is 1. The Morgan fingerprint density at radius 3 is 2.54 bits per heavy atom. The minimum atomic E-state index is -0.890. The second kappa shape index (κ2) is 5.50. The molecule has 0 radical (unpaired) electrons. The molecule has 0 aliphatic rings. The Morgan fingerprint density at radius 1 is 1.54 bits per heavy atom. The molecule has 0 fully saturated rings. The van der Waals surface area contributed by atoms with Crippen molar-refractivity contribution in [3.63, 3.8) is 0 Å². The highest BCUT2D eigenvalue weighted by molar-refractivity contribution is 5.85. The molecule has 0 saturated heterocycles. The van der Waals surface area contributed by atoms with Crippen molar-refractivity contribution >= 4 is 18.4 Å².